The number of benzene rings is 1. The number of methoxy groups -OCH3 is 1. The van der Waals surface area contributed by atoms with E-state index in [9.17, 15) is 4.79 Å². The summed E-state index contributed by atoms with van der Waals surface area (Å²) in [7, 11) is 3.45. The molecule has 1 atom stereocenters. The minimum absolute atomic E-state index is 0.0418. The van der Waals surface area contributed by atoms with Gasteiger partial charge in [-0.2, -0.15) is 0 Å². The lowest BCUT2D eigenvalue weighted by Gasteiger charge is -2.25. The first-order valence-corrected chi connectivity index (χ1v) is 8.11. The summed E-state index contributed by atoms with van der Waals surface area (Å²) in [5, 5.41) is 4.64. The Kier molecular flexibility index (Phi) is 4.70. The van der Waals surface area contributed by atoms with Crippen LogP contribution in [0, 0.1) is 6.92 Å². The maximum absolute atomic E-state index is 12.8. The summed E-state index contributed by atoms with van der Waals surface area (Å²) < 4.78 is 10.3. The fourth-order valence-electron chi connectivity index (χ4n) is 2.71. The van der Waals surface area contributed by atoms with Crippen molar-refractivity contribution < 1.29 is 14.1 Å². The number of fused-ring (bicyclic) bond motifs is 1. The average Bonchev–Trinajstić information content (AvgIpc) is 3.01. The van der Waals surface area contributed by atoms with Crippen molar-refractivity contribution in [1.82, 2.24) is 15.0 Å². The van der Waals surface area contributed by atoms with Gasteiger partial charge in [0.25, 0.3) is 11.6 Å². The number of carbonyl (C=O) groups excluding carboxylic acids is 1. The van der Waals surface area contributed by atoms with Gasteiger partial charge >= 0.3 is 0 Å². The number of pyridine rings is 1. The number of rotatable bonds is 5. The van der Waals surface area contributed by atoms with Crippen LogP contribution in [0.3, 0.4) is 0 Å². The zero-order valence-electron chi connectivity index (χ0n) is 14.8. The Hall–Kier alpha value is -2.89. The summed E-state index contributed by atoms with van der Waals surface area (Å²) in [5.41, 5.74) is 2.85. The fourth-order valence-corrected chi connectivity index (χ4v) is 2.71. The highest BCUT2D eigenvalue weighted by molar-refractivity contribution is 5.97. The predicted octanol–water partition coefficient (Wildman–Crippen LogP) is 3.24. The lowest BCUT2D eigenvalue weighted by Crippen LogP contribution is -2.36. The summed E-state index contributed by atoms with van der Waals surface area (Å²) in [4.78, 5) is 18.7. The molecule has 3 aromatic rings. The smallest absolute Gasteiger partial charge is 0.257 e. The topological polar surface area (TPSA) is 68.5 Å². The summed E-state index contributed by atoms with van der Waals surface area (Å²) >= 11 is 0. The van der Waals surface area contributed by atoms with E-state index < -0.39 is 0 Å². The maximum Gasteiger partial charge on any atom is 0.257 e. The number of hydrogen-bond donors (Lipinski definition) is 0. The number of likely N-dealkylation sites (N-methyl/N-ethyl adjacent to an activating group) is 1. The van der Waals surface area contributed by atoms with Gasteiger partial charge in [-0.3, -0.25) is 4.79 Å². The Bertz CT molecular complexity index is 887. The lowest BCUT2D eigenvalue weighted by atomic mass is 10.1. The first-order valence-electron chi connectivity index (χ1n) is 8.11. The number of carbonyl (C=O) groups is 1. The summed E-state index contributed by atoms with van der Waals surface area (Å²) in [6.45, 7) is 3.86. The second-order valence-corrected chi connectivity index (χ2v) is 6.16. The van der Waals surface area contributed by atoms with Gasteiger partial charge in [-0.25, -0.2) is 4.98 Å². The van der Waals surface area contributed by atoms with Crippen molar-refractivity contribution in [2.24, 2.45) is 0 Å². The van der Waals surface area contributed by atoms with Crippen LogP contribution in [-0.4, -0.2) is 41.1 Å². The summed E-state index contributed by atoms with van der Waals surface area (Å²) in [5.74, 6) is 0.750. The van der Waals surface area contributed by atoms with Gasteiger partial charge in [-0.1, -0.05) is 17.3 Å². The van der Waals surface area contributed by atoms with Gasteiger partial charge in [0.05, 0.1) is 23.8 Å². The van der Waals surface area contributed by atoms with Gasteiger partial charge in [0.15, 0.2) is 0 Å². The second-order valence-electron chi connectivity index (χ2n) is 6.16. The van der Waals surface area contributed by atoms with Crippen molar-refractivity contribution in [3.8, 4) is 5.75 Å². The molecule has 25 heavy (non-hydrogen) atoms. The predicted molar refractivity (Wildman–Crippen MR) is 94.8 cm³/mol. The normalized spacial score (nSPS) is 12.2. The number of nitrogens with zero attached hydrogens (tertiary/aromatic N) is 3. The van der Waals surface area contributed by atoms with Gasteiger partial charge in [-0.15, -0.1) is 0 Å². The number of ether oxygens (including phenoxy) is 1. The first kappa shape index (κ1) is 17.0. The Morgan fingerprint density at radius 3 is 2.72 bits per heavy atom. The van der Waals surface area contributed by atoms with E-state index in [2.05, 4.69) is 10.1 Å². The van der Waals surface area contributed by atoms with Crippen LogP contribution in [-0.2, 0) is 6.42 Å². The monoisotopic (exact) mass is 339 g/mol. The van der Waals surface area contributed by atoms with Crippen molar-refractivity contribution in [1.29, 1.82) is 0 Å². The molecule has 0 saturated carbocycles. The molecule has 0 saturated heterocycles. The molecule has 0 unspecified atom stereocenters. The van der Waals surface area contributed by atoms with Gasteiger partial charge in [0.2, 0.25) is 0 Å². The first-order chi connectivity index (χ1) is 12.0. The number of aryl methyl sites for hydroxylation is 1. The SMILES string of the molecule is COc1ccc(C[C@H](C)N(C)C(=O)c2cnc3onc(C)c3c2)cc1. The van der Waals surface area contributed by atoms with Crippen LogP contribution < -0.4 is 4.74 Å². The van der Waals surface area contributed by atoms with E-state index in [1.54, 1.807) is 25.1 Å². The molecule has 130 valence electrons. The Labute approximate surface area is 146 Å². The Balaban J connectivity index is 1.74. The van der Waals surface area contributed by atoms with Crippen LogP contribution in [0.15, 0.2) is 41.1 Å². The van der Waals surface area contributed by atoms with Crippen molar-refractivity contribution in [3.05, 3.63) is 53.3 Å². The van der Waals surface area contributed by atoms with E-state index in [1.165, 1.54) is 6.20 Å². The van der Waals surface area contributed by atoms with Gasteiger partial charge in [-0.05, 0) is 44.0 Å². The lowest BCUT2D eigenvalue weighted by molar-refractivity contribution is 0.0743. The molecule has 2 heterocycles. The molecule has 0 bridgehead atoms. The zero-order chi connectivity index (χ0) is 18.0. The van der Waals surface area contributed by atoms with Crippen LogP contribution in [0.1, 0.15) is 28.5 Å². The fraction of sp³-hybridized carbons (Fsp3) is 0.316. The van der Waals surface area contributed by atoms with Crippen molar-refractivity contribution in [3.63, 3.8) is 0 Å². The molecule has 0 radical (unpaired) electrons. The molecule has 0 N–H and O–H groups in total. The van der Waals surface area contributed by atoms with Crippen molar-refractivity contribution >= 4 is 17.0 Å². The molecule has 0 aliphatic heterocycles. The molecule has 3 rings (SSSR count). The van der Waals surface area contributed by atoms with Crippen molar-refractivity contribution in [2.45, 2.75) is 26.3 Å². The minimum Gasteiger partial charge on any atom is -0.497 e. The standard InChI is InChI=1S/C19H21N3O3/c1-12(9-14-5-7-16(24-4)8-6-14)22(3)19(23)15-10-17-13(2)21-25-18(17)20-11-15/h5-8,10-12H,9H2,1-4H3/t12-/m0/s1. The average molecular weight is 339 g/mol. The molecule has 0 spiro atoms. The molecule has 0 aliphatic rings. The van der Waals surface area contributed by atoms with E-state index >= 15 is 0 Å². The van der Waals surface area contributed by atoms with E-state index in [0.717, 1.165) is 28.8 Å². The third kappa shape index (κ3) is 3.47. The number of aromatic nitrogens is 2. The van der Waals surface area contributed by atoms with Crippen LogP contribution in [0.5, 0.6) is 5.75 Å². The molecule has 0 aliphatic carbocycles. The van der Waals surface area contributed by atoms with Gasteiger partial charge in [0, 0.05) is 19.3 Å². The molecular formula is C19H21N3O3. The highest BCUT2D eigenvalue weighted by atomic mass is 16.5. The van der Waals surface area contributed by atoms with Gasteiger partial charge in [0.1, 0.15) is 5.75 Å². The molecule has 6 heteroatoms. The third-order valence-electron chi connectivity index (χ3n) is 4.43. The van der Waals surface area contributed by atoms with Crippen LogP contribution in [0.25, 0.3) is 11.1 Å². The van der Waals surface area contributed by atoms with E-state index in [1.807, 2.05) is 38.1 Å². The largest absolute Gasteiger partial charge is 0.497 e. The highest BCUT2D eigenvalue weighted by Gasteiger charge is 2.19. The maximum atomic E-state index is 12.8. The van der Waals surface area contributed by atoms with Crippen molar-refractivity contribution in [2.75, 3.05) is 14.2 Å². The summed E-state index contributed by atoms with van der Waals surface area (Å²) in [6.07, 6.45) is 2.29. The molecule has 0 fully saturated rings. The van der Waals surface area contributed by atoms with Crippen LogP contribution >= 0.6 is 0 Å². The molecule has 6 nitrogen and oxygen atoms in total. The Morgan fingerprint density at radius 2 is 2.04 bits per heavy atom. The molecular weight excluding hydrogens is 318 g/mol. The van der Waals surface area contributed by atoms with E-state index in [-0.39, 0.29) is 11.9 Å². The second kappa shape index (κ2) is 6.93. The number of amides is 1. The molecule has 1 aromatic carbocycles. The van der Waals surface area contributed by atoms with E-state index in [4.69, 9.17) is 9.26 Å². The van der Waals surface area contributed by atoms with Crippen LogP contribution in [0.2, 0.25) is 0 Å². The minimum atomic E-state index is -0.0731. The van der Waals surface area contributed by atoms with Crippen LogP contribution in [0.4, 0.5) is 0 Å². The third-order valence-corrected chi connectivity index (χ3v) is 4.43. The van der Waals surface area contributed by atoms with E-state index in [0.29, 0.717) is 11.3 Å². The number of hydrogen-bond acceptors (Lipinski definition) is 5. The molecule has 2 aromatic heterocycles. The quantitative estimate of drug-likeness (QED) is 0.714. The summed E-state index contributed by atoms with van der Waals surface area (Å²) in [6, 6.07) is 9.71. The zero-order valence-corrected chi connectivity index (χ0v) is 14.8. The molecule has 1 amide bonds. The van der Waals surface area contributed by atoms with Gasteiger partial charge < -0.3 is 14.2 Å². The highest BCUT2D eigenvalue weighted by Crippen LogP contribution is 2.19. The Morgan fingerprint density at radius 1 is 1.32 bits per heavy atom.